The highest BCUT2D eigenvalue weighted by molar-refractivity contribution is 7.11. The molecule has 0 bridgehead atoms. The Morgan fingerprint density at radius 1 is 1.32 bits per heavy atom. The molecule has 2 aromatic heterocycles. The summed E-state index contributed by atoms with van der Waals surface area (Å²) in [5.74, 6) is -0.373. The highest BCUT2D eigenvalue weighted by atomic mass is 32.1. The molecule has 0 aliphatic rings. The molecule has 19 heavy (non-hydrogen) atoms. The second-order valence-corrected chi connectivity index (χ2v) is 5.07. The van der Waals surface area contributed by atoms with Crippen molar-refractivity contribution in [2.75, 3.05) is 6.61 Å². The maximum atomic E-state index is 12.1. The predicted molar refractivity (Wildman–Crippen MR) is 72.6 cm³/mol. The fourth-order valence-corrected chi connectivity index (χ4v) is 2.96. The zero-order valence-electron chi connectivity index (χ0n) is 10.9. The third-order valence-corrected chi connectivity index (χ3v) is 3.89. The molecule has 0 spiro atoms. The van der Waals surface area contributed by atoms with E-state index in [1.165, 1.54) is 23.0 Å². The summed E-state index contributed by atoms with van der Waals surface area (Å²) >= 11 is 1.29. The van der Waals surface area contributed by atoms with Crippen LogP contribution >= 0.6 is 11.3 Å². The molecule has 102 valence electrons. The third-order valence-electron chi connectivity index (χ3n) is 2.91. The zero-order chi connectivity index (χ0) is 14.2. The molecule has 0 N–H and O–H groups in total. The number of ether oxygens (including phenoxy) is 1. The van der Waals surface area contributed by atoms with Crippen LogP contribution < -0.4 is 11.2 Å². The Morgan fingerprint density at radius 2 is 2.00 bits per heavy atom. The predicted octanol–water partition coefficient (Wildman–Crippen LogP) is 0.404. The summed E-state index contributed by atoms with van der Waals surface area (Å²) < 4.78 is 7.33. The smallest absolute Gasteiger partial charge is 0.330 e. The average Bonchev–Trinajstić information content (AvgIpc) is 2.78. The van der Waals surface area contributed by atoms with Gasteiger partial charge in [0.1, 0.15) is 0 Å². The number of fused-ring (bicyclic) bond motifs is 1. The lowest BCUT2D eigenvalue weighted by molar-refractivity contribution is -0.142. The normalized spacial score (nSPS) is 10.9. The molecule has 0 saturated heterocycles. The molecule has 0 fully saturated rings. The van der Waals surface area contributed by atoms with Crippen LogP contribution in [-0.4, -0.2) is 21.7 Å². The summed E-state index contributed by atoms with van der Waals surface area (Å²) in [6.07, 6.45) is 0.0510. The van der Waals surface area contributed by atoms with Crippen LogP contribution in [0.5, 0.6) is 0 Å². The molecule has 0 aromatic carbocycles. The summed E-state index contributed by atoms with van der Waals surface area (Å²) in [6.45, 7) is 2.03. The zero-order valence-corrected chi connectivity index (χ0v) is 11.7. The van der Waals surface area contributed by atoms with Gasteiger partial charge >= 0.3 is 11.7 Å². The van der Waals surface area contributed by atoms with Gasteiger partial charge in [0.2, 0.25) is 0 Å². The number of thiophene rings is 1. The SMILES string of the molecule is CCOC(=O)Cc1scc2c1c(=O)n(C)c(=O)n2C. The Labute approximate surface area is 112 Å². The van der Waals surface area contributed by atoms with Gasteiger partial charge < -0.3 is 4.74 Å². The van der Waals surface area contributed by atoms with E-state index in [1.807, 2.05) is 0 Å². The molecule has 0 atom stereocenters. The minimum atomic E-state index is -0.377. The molecule has 0 aliphatic heterocycles. The van der Waals surface area contributed by atoms with Gasteiger partial charge in [0.25, 0.3) is 5.56 Å². The van der Waals surface area contributed by atoms with Gasteiger partial charge in [-0.2, -0.15) is 0 Å². The van der Waals surface area contributed by atoms with E-state index in [9.17, 15) is 14.4 Å². The number of rotatable bonds is 3. The first-order valence-electron chi connectivity index (χ1n) is 5.79. The van der Waals surface area contributed by atoms with Crippen LogP contribution in [0.3, 0.4) is 0 Å². The molecular weight excluding hydrogens is 268 g/mol. The topological polar surface area (TPSA) is 70.3 Å². The van der Waals surface area contributed by atoms with Crippen LogP contribution in [0.1, 0.15) is 11.8 Å². The highest BCUT2D eigenvalue weighted by Crippen LogP contribution is 2.22. The maximum Gasteiger partial charge on any atom is 0.330 e. The number of carbonyl (C=O) groups is 1. The Balaban J connectivity index is 2.64. The van der Waals surface area contributed by atoms with Gasteiger partial charge in [0.15, 0.2) is 0 Å². The molecule has 7 heteroatoms. The first-order chi connectivity index (χ1) is 8.97. The van der Waals surface area contributed by atoms with E-state index in [-0.39, 0.29) is 23.6 Å². The van der Waals surface area contributed by atoms with Crippen LogP contribution in [0.25, 0.3) is 10.9 Å². The number of aryl methyl sites for hydroxylation is 1. The summed E-state index contributed by atoms with van der Waals surface area (Å²) in [5, 5.41) is 2.13. The number of nitrogens with zero attached hydrogens (tertiary/aromatic N) is 2. The molecule has 0 unspecified atom stereocenters. The molecule has 2 heterocycles. The quantitative estimate of drug-likeness (QED) is 0.764. The van der Waals surface area contributed by atoms with Crippen molar-refractivity contribution in [1.29, 1.82) is 0 Å². The van der Waals surface area contributed by atoms with Crippen LogP contribution in [-0.2, 0) is 30.0 Å². The van der Waals surface area contributed by atoms with E-state index in [2.05, 4.69) is 0 Å². The third kappa shape index (κ3) is 2.21. The van der Waals surface area contributed by atoms with Crippen LogP contribution in [0.2, 0.25) is 0 Å². The lowest BCUT2D eigenvalue weighted by atomic mass is 10.2. The Kier molecular flexibility index (Phi) is 3.57. The van der Waals surface area contributed by atoms with E-state index in [0.717, 1.165) is 4.57 Å². The number of esters is 1. The largest absolute Gasteiger partial charge is 0.466 e. The minimum absolute atomic E-state index is 0.0510. The fourth-order valence-electron chi connectivity index (χ4n) is 1.92. The van der Waals surface area contributed by atoms with Gasteiger partial charge in [0.05, 0.1) is 23.9 Å². The Morgan fingerprint density at radius 3 is 2.63 bits per heavy atom. The molecule has 0 amide bonds. The Hall–Kier alpha value is -1.89. The average molecular weight is 282 g/mol. The number of hydrogen-bond acceptors (Lipinski definition) is 5. The van der Waals surface area contributed by atoms with Crippen molar-refractivity contribution in [3.05, 3.63) is 31.1 Å². The van der Waals surface area contributed by atoms with Crippen LogP contribution in [0.15, 0.2) is 15.0 Å². The molecule has 2 aromatic rings. The second-order valence-electron chi connectivity index (χ2n) is 4.11. The summed E-state index contributed by atoms with van der Waals surface area (Å²) in [6, 6.07) is 0. The molecule has 2 rings (SSSR count). The first kappa shape index (κ1) is 13.5. The second kappa shape index (κ2) is 5.00. The lowest BCUT2D eigenvalue weighted by Gasteiger charge is -2.05. The molecule has 0 aliphatic carbocycles. The lowest BCUT2D eigenvalue weighted by Crippen LogP contribution is -2.36. The minimum Gasteiger partial charge on any atom is -0.466 e. The van der Waals surface area contributed by atoms with Crippen LogP contribution in [0.4, 0.5) is 0 Å². The van der Waals surface area contributed by atoms with Crippen molar-refractivity contribution < 1.29 is 9.53 Å². The van der Waals surface area contributed by atoms with Crippen LogP contribution in [0, 0.1) is 0 Å². The van der Waals surface area contributed by atoms with Crippen molar-refractivity contribution >= 4 is 28.2 Å². The van der Waals surface area contributed by atoms with Gasteiger partial charge in [-0.25, -0.2) is 4.79 Å². The van der Waals surface area contributed by atoms with Crippen molar-refractivity contribution in [2.24, 2.45) is 14.1 Å². The van der Waals surface area contributed by atoms with Crippen molar-refractivity contribution in [2.45, 2.75) is 13.3 Å². The van der Waals surface area contributed by atoms with Crippen molar-refractivity contribution in [3.63, 3.8) is 0 Å². The molecular formula is C12H14N2O4S. The van der Waals surface area contributed by atoms with Gasteiger partial charge in [-0.1, -0.05) is 0 Å². The van der Waals surface area contributed by atoms with Crippen molar-refractivity contribution in [1.82, 2.24) is 9.13 Å². The number of aromatic nitrogens is 2. The van der Waals surface area contributed by atoms with E-state index < -0.39 is 0 Å². The van der Waals surface area contributed by atoms with Gasteiger partial charge in [-0.05, 0) is 6.92 Å². The van der Waals surface area contributed by atoms with E-state index in [4.69, 9.17) is 4.74 Å². The molecule has 6 nitrogen and oxygen atoms in total. The van der Waals surface area contributed by atoms with Gasteiger partial charge in [-0.15, -0.1) is 11.3 Å². The summed E-state index contributed by atoms with van der Waals surface area (Å²) in [7, 11) is 3.03. The number of hydrogen-bond donors (Lipinski definition) is 0. The summed E-state index contributed by atoms with van der Waals surface area (Å²) in [5.41, 5.74) is -0.200. The van der Waals surface area contributed by atoms with E-state index in [0.29, 0.717) is 22.4 Å². The van der Waals surface area contributed by atoms with Gasteiger partial charge in [0, 0.05) is 24.4 Å². The maximum absolute atomic E-state index is 12.1. The first-order valence-corrected chi connectivity index (χ1v) is 6.67. The highest BCUT2D eigenvalue weighted by Gasteiger charge is 2.16. The number of carbonyl (C=O) groups excluding carboxylic acids is 1. The van der Waals surface area contributed by atoms with Crippen molar-refractivity contribution in [3.8, 4) is 0 Å². The summed E-state index contributed by atoms with van der Waals surface area (Å²) in [4.78, 5) is 36.0. The van der Waals surface area contributed by atoms with E-state index in [1.54, 1.807) is 19.4 Å². The monoisotopic (exact) mass is 282 g/mol. The van der Waals surface area contributed by atoms with E-state index >= 15 is 0 Å². The Bertz CT molecular complexity index is 753. The molecule has 0 saturated carbocycles. The fraction of sp³-hybridized carbons (Fsp3) is 0.417. The standard InChI is InChI=1S/C12H14N2O4S/c1-4-18-9(15)5-8-10-7(6-19-8)13(2)12(17)14(3)11(10)16/h6H,4-5H2,1-3H3. The van der Waals surface area contributed by atoms with Gasteiger partial charge in [-0.3, -0.25) is 18.7 Å². The molecule has 0 radical (unpaired) electrons.